The van der Waals surface area contributed by atoms with Crippen LogP contribution >= 0.6 is 0 Å². The van der Waals surface area contributed by atoms with Crippen LogP contribution < -0.4 is 9.64 Å². The third-order valence-corrected chi connectivity index (χ3v) is 5.77. The van der Waals surface area contributed by atoms with E-state index >= 15 is 0 Å². The van der Waals surface area contributed by atoms with Gasteiger partial charge in [0.05, 0.1) is 25.3 Å². The number of anilines is 1. The van der Waals surface area contributed by atoms with E-state index in [0.717, 1.165) is 32.7 Å². The molecule has 2 aromatic carbocycles. The third kappa shape index (κ3) is 4.45. The largest absolute Gasteiger partial charge is 0.497 e. The first-order valence-corrected chi connectivity index (χ1v) is 10.3. The van der Waals surface area contributed by atoms with E-state index in [9.17, 15) is 9.59 Å². The molecule has 1 atom stereocenters. The molecule has 0 aliphatic carbocycles. The van der Waals surface area contributed by atoms with Gasteiger partial charge in [-0.2, -0.15) is 0 Å². The van der Waals surface area contributed by atoms with Crippen molar-refractivity contribution >= 4 is 23.6 Å². The molecule has 0 radical (unpaired) electrons. The van der Waals surface area contributed by atoms with Gasteiger partial charge in [0, 0.05) is 32.7 Å². The van der Waals surface area contributed by atoms with Crippen LogP contribution in [0.2, 0.25) is 0 Å². The molecule has 0 unspecified atom stereocenters. The van der Waals surface area contributed by atoms with Gasteiger partial charge in [-0.15, -0.1) is 0 Å². The zero-order chi connectivity index (χ0) is 20.9. The van der Waals surface area contributed by atoms with E-state index in [2.05, 4.69) is 34.1 Å². The quantitative estimate of drug-likeness (QED) is 0.692. The maximum absolute atomic E-state index is 13.0. The van der Waals surface area contributed by atoms with Crippen LogP contribution in [0.4, 0.5) is 5.69 Å². The summed E-state index contributed by atoms with van der Waals surface area (Å²) >= 11 is 0. The molecule has 0 bridgehead atoms. The number of imide groups is 1. The predicted molar refractivity (Wildman–Crippen MR) is 117 cm³/mol. The van der Waals surface area contributed by atoms with E-state index in [1.165, 1.54) is 10.5 Å². The number of benzene rings is 2. The van der Waals surface area contributed by atoms with Crippen molar-refractivity contribution in [3.05, 3.63) is 66.2 Å². The molecular formula is C24H27N3O3. The van der Waals surface area contributed by atoms with E-state index in [4.69, 9.17) is 4.74 Å². The predicted octanol–water partition coefficient (Wildman–Crippen LogP) is 2.66. The summed E-state index contributed by atoms with van der Waals surface area (Å²) in [4.78, 5) is 31.4. The van der Waals surface area contributed by atoms with Gasteiger partial charge in [0.2, 0.25) is 5.91 Å². The first-order chi connectivity index (χ1) is 14.7. The minimum absolute atomic E-state index is 0.123. The van der Waals surface area contributed by atoms with Crippen LogP contribution in [0.5, 0.6) is 5.75 Å². The number of hydrogen-bond acceptors (Lipinski definition) is 5. The molecule has 0 N–H and O–H groups in total. The maximum atomic E-state index is 13.0. The number of carbonyl (C=O) groups is 2. The van der Waals surface area contributed by atoms with Crippen molar-refractivity contribution in [2.24, 2.45) is 0 Å². The van der Waals surface area contributed by atoms with E-state index < -0.39 is 0 Å². The summed E-state index contributed by atoms with van der Waals surface area (Å²) in [7, 11) is 1.59. The van der Waals surface area contributed by atoms with Crippen LogP contribution in [0.15, 0.2) is 60.7 Å². The number of amides is 2. The molecular weight excluding hydrogens is 378 g/mol. The number of piperazine rings is 1. The molecule has 2 amide bonds. The lowest BCUT2D eigenvalue weighted by atomic mass is 10.1. The van der Waals surface area contributed by atoms with Crippen molar-refractivity contribution in [2.75, 3.05) is 44.7 Å². The summed E-state index contributed by atoms with van der Waals surface area (Å²) in [6.07, 6.45) is 4.57. The van der Waals surface area contributed by atoms with Crippen molar-refractivity contribution in [3.8, 4) is 5.75 Å². The van der Waals surface area contributed by atoms with Gasteiger partial charge in [-0.3, -0.25) is 19.4 Å². The molecule has 2 aliphatic rings. The van der Waals surface area contributed by atoms with Gasteiger partial charge in [-0.05, 0) is 29.8 Å². The van der Waals surface area contributed by atoms with Crippen molar-refractivity contribution in [2.45, 2.75) is 12.5 Å². The summed E-state index contributed by atoms with van der Waals surface area (Å²) in [5.41, 5.74) is 1.81. The van der Waals surface area contributed by atoms with Gasteiger partial charge in [0.25, 0.3) is 5.91 Å². The Balaban J connectivity index is 1.31. The summed E-state index contributed by atoms with van der Waals surface area (Å²) in [6, 6.07) is 17.0. The topological polar surface area (TPSA) is 53.1 Å². The third-order valence-electron chi connectivity index (χ3n) is 5.77. The molecule has 0 spiro atoms. The fourth-order valence-electron chi connectivity index (χ4n) is 4.06. The number of hydrogen-bond donors (Lipinski definition) is 0. The molecule has 156 valence electrons. The molecule has 6 heteroatoms. The summed E-state index contributed by atoms with van der Waals surface area (Å²) in [6.45, 7) is 4.25. The number of rotatable bonds is 6. The van der Waals surface area contributed by atoms with Crippen molar-refractivity contribution in [1.29, 1.82) is 0 Å². The Kier molecular flexibility index (Phi) is 6.26. The second-order valence-corrected chi connectivity index (χ2v) is 7.63. The van der Waals surface area contributed by atoms with Crippen LogP contribution in [0, 0.1) is 0 Å². The first-order valence-electron chi connectivity index (χ1n) is 10.3. The Morgan fingerprint density at radius 2 is 1.67 bits per heavy atom. The lowest BCUT2D eigenvalue weighted by molar-refractivity contribution is -0.123. The molecule has 6 nitrogen and oxygen atoms in total. The SMILES string of the molecule is COc1ccc(N2C(=O)C[C@H](N3CCN(C/C=C\c4ccccc4)CC3)C2=O)cc1. The minimum Gasteiger partial charge on any atom is -0.497 e. The summed E-state index contributed by atoms with van der Waals surface area (Å²) in [5.74, 6) is 0.442. The van der Waals surface area contributed by atoms with Gasteiger partial charge < -0.3 is 4.74 Å². The zero-order valence-electron chi connectivity index (χ0n) is 17.2. The van der Waals surface area contributed by atoms with E-state index in [0.29, 0.717) is 11.4 Å². The second kappa shape index (κ2) is 9.24. The fourth-order valence-corrected chi connectivity index (χ4v) is 4.06. The molecule has 2 heterocycles. The lowest BCUT2D eigenvalue weighted by Gasteiger charge is -2.36. The van der Waals surface area contributed by atoms with Gasteiger partial charge in [0.15, 0.2) is 0 Å². The van der Waals surface area contributed by atoms with Crippen molar-refractivity contribution < 1.29 is 14.3 Å². The number of methoxy groups -OCH3 is 1. The minimum atomic E-state index is -0.360. The smallest absolute Gasteiger partial charge is 0.251 e. The number of nitrogens with zero attached hydrogens (tertiary/aromatic N) is 3. The molecule has 2 aliphatic heterocycles. The molecule has 2 saturated heterocycles. The molecule has 0 saturated carbocycles. The molecule has 0 aromatic heterocycles. The van der Waals surface area contributed by atoms with Crippen LogP contribution in [0.25, 0.3) is 6.08 Å². The number of ether oxygens (including phenoxy) is 1. The highest BCUT2D eigenvalue weighted by Gasteiger charge is 2.43. The highest BCUT2D eigenvalue weighted by Crippen LogP contribution is 2.27. The highest BCUT2D eigenvalue weighted by atomic mass is 16.5. The summed E-state index contributed by atoms with van der Waals surface area (Å²) < 4.78 is 5.16. The number of carbonyl (C=O) groups excluding carboxylic acids is 2. The molecule has 30 heavy (non-hydrogen) atoms. The van der Waals surface area contributed by atoms with Gasteiger partial charge in [-0.1, -0.05) is 42.5 Å². The van der Waals surface area contributed by atoms with E-state index in [1.54, 1.807) is 31.4 Å². The van der Waals surface area contributed by atoms with Crippen LogP contribution in [0.1, 0.15) is 12.0 Å². The van der Waals surface area contributed by atoms with Crippen molar-refractivity contribution in [1.82, 2.24) is 9.80 Å². The first kappa shape index (κ1) is 20.3. The highest BCUT2D eigenvalue weighted by molar-refractivity contribution is 6.22. The average Bonchev–Trinajstić information content (AvgIpc) is 3.09. The van der Waals surface area contributed by atoms with E-state index in [-0.39, 0.29) is 24.3 Å². The second-order valence-electron chi connectivity index (χ2n) is 7.63. The zero-order valence-corrected chi connectivity index (χ0v) is 17.2. The maximum Gasteiger partial charge on any atom is 0.251 e. The Morgan fingerprint density at radius 3 is 2.33 bits per heavy atom. The Hall–Kier alpha value is -2.96. The normalized spacial score (nSPS) is 21.0. The van der Waals surface area contributed by atoms with Crippen LogP contribution in [0.3, 0.4) is 0 Å². The molecule has 2 aromatic rings. The lowest BCUT2D eigenvalue weighted by Crippen LogP contribution is -2.52. The van der Waals surface area contributed by atoms with E-state index in [1.807, 2.05) is 18.2 Å². The summed E-state index contributed by atoms with van der Waals surface area (Å²) in [5, 5.41) is 0. The Morgan fingerprint density at radius 1 is 0.967 bits per heavy atom. The average molecular weight is 405 g/mol. The van der Waals surface area contributed by atoms with Gasteiger partial charge in [-0.25, -0.2) is 4.90 Å². The van der Waals surface area contributed by atoms with Gasteiger partial charge >= 0.3 is 0 Å². The standard InChI is InChI=1S/C24H27N3O3/c1-30-21-11-9-20(10-12-21)27-23(28)18-22(24(27)29)26-16-14-25(15-17-26)13-5-8-19-6-3-2-4-7-19/h2-12,22H,13-18H2,1H3/b8-5-/t22-/m0/s1. The van der Waals surface area contributed by atoms with Crippen LogP contribution in [-0.4, -0.2) is 67.5 Å². The molecule has 4 rings (SSSR count). The monoisotopic (exact) mass is 405 g/mol. The van der Waals surface area contributed by atoms with Crippen LogP contribution in [-0.2, 0) is 9.59 Å². The fraction of sp³-hybridized carbons (Fsp3) is 0.333. The molecule has 2 fully saturated rings. The Bertz CT molecular complexity index is 903. The van der Waals surface area contributed by atoms with Crippen molar-refractivity contribution in [3.63, 3.8) is 0 Å². The Labute approximate surface area is 177 Å². The van der Waals surface area contributed by atoms with Gasteiger partial charge in [0.1, 0.15) is 5.75 Å².